The molecule has 1 aliphatic rings. The average Bonchev–Trinajstić information content (AvgIpc) is 2.75. The van der Waals surface area contributed by atoms with Gasteiger partial charge < -0.3 is 23.9 Å². The molecule has 0 bridgehead atoms. The lowest BCUT2D eigenvalue weighted by molar-refractivity contribution is 0.0623. The van der Waals surface area contributed by atoms with Crippen LogP contribution in [0.1, 0.15) is 42.2 Å². The number of pyridine rings is 1. The highest BCUT2D eigenvalue weighted by molar-refractivity contribution is 5.94. The molecule has 1 aromatic heterocycles. The number of ether oxygens (including phenoxy) is 3. The number of aromatic hydroxyl groups is 1. The lowest BCUT2D eigenvalue weighted by atomic mass is 9.77. The van der Waals surface area contributed by atoms with Crippen molar-refractivity contribution >= 4 is 5.91 Å². The standard InChI is InChI=1S/C23H28N2O7/c1-23(2,13-31-4)21-9-14-8-20(32-7-5-6-30-3)19(27)10-15(14)17-11-18(26)16(12-25(17)21)22(28)24-29/h8,10-12,21,27H,5-7,9,13H2,1-4H3. The number of nitroso groups, excluding NO2 is 1. The van der Waals surface area contributed by atoms with Gasteiger partial charge in [0.25, 0.3) is 0 Å². The summed E-state index contributed by atoms with van der Waals surface area (Å²) in [5.41, 5.74) is 0.818. The summed E-state index contributed by atoms with van der Waals surface area (Å²) in [5.74, 6) is -0.803. The number of phenolic OH excluding ortho intramolecular Hbond substituents is 1. The summed E-state index contributed by atoms with van der Waals surface area (Å²) in [6.07, 6.45) is 2.60. The van der Waals surface area contributed by atoms with Crippen LogP contribution >= 0.6 is 0 Å². The Morgan fingerprint density at radius 2 is 1.97 bits per heavy atom. The van der Waals surface area contributed by atoms with Gasteiger partial charge in [-0.15, -0.1) is 4.91 Å². The topological polar surface area (TPSA) is 116 Å². The van der Waals surface area contributed by atoms with Gasteiger partial charge in [-0.05, 0) is 24.1 Å². The first-order valence-electron chi connectivity index (χ1n) is 10.3. The van der Waals surface area contributed by atoms with Gasteiger partial charge in [-0.1, -0.05) is 13.8 Å². The molecule has 2 heterocycles. The number of hydrogen-bond acceptors (Lipinski definition) is 7. The summed E-state index contributed by atoms with van der Waals surface area (Å²) >= 11 is 0. The number of methoxy groups -OCH3 is 2. The lowest BCUT2D eigenvalue weighted by Crippen LogP contribution is -2.37. The largest absolute Gasteiger partial charge is 0.504 e. The molecule has 9 nitrogen and oxygen atoms in total. The number of fused-ring (bicyclic) bond motifs is 3. The van der Waals surface area contributed by atoms with Crippen molar-refractivity contribution < 1.29 is 24.1 Å². The minimum atomic E-state index is -1.11. The van der Waals surface area contributed by atoms with Gasteiger partial charge in [-0.2, -0.15) is 0 Å². The van der Waals surface area contributed by atoms with Crippen LogP contribution in [-0.4, -0.2) is 49.6 Å². The number of rotatable bonds is 9. The van der Waals surface area contributed by atoms with E-state index >= 15 is 0 Å². The Morgan fingerprint density at radius 1 is 1.22 bits per heavy atom. The molecule has 172 valence electrons. The van der Waals surface area contributed by atoms with Crippen LogP contribution in [0.2, 0.25) is 0 Å². The van der Waals surface area contributed by atoms with Crippen molar-refractivity contribution in [3.05, 3.63) is 50.7 Å². The minimum absolute atomic E-state index is 0.0514. The Morgan fingerprint density at radius 3 is 2.62 bits per heavy atom. The molecule has 2 aromatic rings. The Hall–Kier alpha value is -3.04. The predicted molar refractivity (Wildman–Crippen MR) is 118 cm³/mol. The van der Waals surface area contributed by atoms with E-state index in [1.54, 1.807) is 30.9 Å². The maximum absolute atomic E-state index is 12.6. The summed E-state index contributed by atoms with van der Waals surface area (Å²) in [6.45, 7) is 5.41. The molecule has 9 heteroatoms. The minimum Gasteiger partial charge on any atom is -0.504 e. The van der Waals surface area contributed by atoms with Crippen LogP contribution in [0.25, 0.3) is 11.3 Å². The molecule has 0 radical (unpaired) electrons. The molecule has 1 amide bonds. The third-order valence-electron chi connectivity index (χ3n) is 5.77. The summed E-state index contributed by atoms with van der Waals surface area (Å²) < 4.78 is 18.0. The van der Waals surface area contributed by atoms with Gasteiger partial charge >= 0.3 is 5.91 Å². The number of amides is 1. The van der Waals surface area contributed by atoms with Gasteiger partial charge in [0.15, 0.2) is 16.9 Å². The van der Waals surface area contributed by atoms with Crippen LogP contribution in [0.4, 0.5) is 0 Å². The van der Waals surface area contributed by atoms with Crippen molar-refractivity contribution in [2.75, 3.05) is 34.0 Å². The second kappa shape index (κ2) is 9.62. The summed E-state index contributed by atoms with van der Waals surface area (Å²) in [4.78, 5) is 35.3. The number of aromatic nitrogens is 1. The van der Waals surface area contributed by atoms with Gasteiger partial charge in [0.1, 0.15) is 5.56 Å². The molecule has 0 spiro atoms. The lowest BCUT2D eigenvalue weighted by Gasteiger charge is -2.40. The number of phenols is 1. The zero-order valence-corrected chi connectivity index (χ0v) is 18.7. The van der Waals surface area contributed by atoms with E-state index in [-0.39, 0.29) is 22.8 Å². The Bertz CT molecular complexity index is 1070. The Labute approximate surface area is 185 Å². The molecule has 0 fully saturated rings. The smallest absolute Gasteiger partial charge is 0.322 e. The number of carbonyl (C=O) groups is 1. The molecular weight excluding hydrogens is 416 g/mol. The van der Waals surface area contributed by atoms with E-state index in [0.717, 1.165) is 5.56 Å². The van der Waals surface area contributed by atoms with Crippen LogP contribution in [-0.2, 0) is 15.9 Å². The fourth-order valence-electron chi connectivity index (χ4n) is 4.18. The van der Waals surface area contributed by atoms with Crippen molar-refractivity contribution in [3.8, 4) is 22.8 Å². The Kier molecular flexibility index (Phi) is 7.10. The summed E-state index contributed by atoms with van der Waals surface area (Å²) in [5, 5.41) is 12.9. The third kappa shape index (κ3) is 4.58. The van der Waals surface area contributed by atoms with E-state index in [1.807, 2.05) is 13.8 Å². The maximum atomic E-state index is 12.6. The van der Waals surface area contributed by atoms with E-state index in [0.29, 0.717) is 49.7 Å². The molecule has 0 saturated carbocycles. The maximum Gasteiger partial charge on any atom is 0.322 e. The van der Waals surface area contributed by atoms with Gasteiger partial charge in [0.2, 0.25) is 0 Å². The molecule has 1 N–H and O–H groups in total. The predicted octanol–water partition coefficient (Wildman–Crippen LogP) is 3.31. The second-order valence-electron chi connectivity index (χ2n) is 8.55. The molecule has 0 aliphatic carbocycles. The van der Waals surface area contributed by atoms with Crippen LogP contribution in [0, 0.1) is 10.3 Å². The molecule has 1 aliphatic heterocycles. The first-order valence-corrected chi connectivity index (χ1v) is 10.3. The van der Waals surface area contributed by atoms with Gasteiger partial charge in [-0.25, -0.2) is 0 Å². The first kappa shape index (κ1) is 23.6. The van der Waals surface area contributed by atoms with E-state index in [9.17, 15) is 19.6 Å². The monoisotopic (exact) mass is 444 g/mol. The number of nitrogens with zero attached hydrogens (tertiary/aromatic N) is 2. The van der Waals surface area contributed by atoms with Crippen molar-refractivity contribution in [1.29, 1.82) is 0 Å². The molecule has 32 heavy (non-hydrogen) atoms. The van der Waals surface area contributed by atoms with Crippen LogP contribution in [0.3, 0.4) is 0 Å². The molecular formula is C23H28N2O7. The number of benzene rings is 1. The molecule has 1 aromatic carbocycles. The molecule has 1 unspecified atom stereocenters. The zero-order valence-electron chi connectivity index (χ0n) is 18.7. The zero-order chi connectivity index (χ0) is 23.5. The van der Waals surface area contributed by atoms with Gasteiger partial charge in [0.05, 0.1) is 18.9 Å². The van der Waals surface area contributed by atoms with Gasteiger partial charge in [0, 0.05) is 61.7 Å². The summed E-state index contributed by atoms with van der Waals surface area (Å²) in [7, 11) is 3.22. The number of hydrogen-bond donors (Lipinski definition) is 1. The average molecular weight is 444 g/mol. The second-order valence-corrected chi connectivity index (χ2v) is 8.55. The Balaban J connectivity index is 2.14. The summed E-state index contributed by atoms with van der Waals surface area (Å²) in [6, 6.07) is 4.46. The van der Waals surface area contributed by atoms with Crippen LogP contribution in [0.5, 0.6) is 11.5 Å². The fourth-order valence-corrected chi connectivity index (χ4v) is 4.18. The van der Waals surface area contributed by atoms with Gasteiger partial charge in [-0.3, -0.25) is 9.59 Å². The normalized spacial score (nSPS) is 15.1. The van der Waals surface area contributed by atoms with Crippen molar-refractivity contribution in [2.45, 2.75) is 32.7 Å². The highest BCUT2D eigenvalue weighted by Gasteiger charge is 2.37. The highest BCUT2D eigenvalue weighted by atomic mass is 16.5. The first-order chi connectivity index (χ1) is 15.2. The molecule has 3 rings (SSSR count). The molecule has 1 atom stereocenters. The van der Waals surface area contributed by atoms with E-state index in [2.05, 4.69) is 5.18 Å². The SMILES string of the molecule is COCCCOc1cc2c(cc1O)-c1cc(=O)c(C(=O)N=O)cn1C(C(C)(C)COC)C2. The van der Waals surface area contributed by atoms with E-state index in [4.69, 9.17) is 14.2 Å². The van der Waals surface area contributed by atoms with E-state index < -0.39 is 11.3 Å². The third-order valence-corrected chi connectivity index (χ3v) is 5.77. The molecule has 0 saturated heterocycles. The highest BCUT2D eigenvalue weighted by Crippen LogP contribution is 2.45. The fraction of sp³-hybridized carbons (Fsp3) is 0.478. The van der Waals surface area contributed by atoms with Crippen molar-refractivity contribution in [2.24, 2.45) is 10.6 Å². The number of carbonyl (C=O) groups excluding carboxylic acids is 1. The van der Waals surface area contributed by atoms with Crippen LogP contribution in [0.15, 0.2) is 34.4 Å². The van der Waals surface area contributed by atoms with Crippen molar-refractivity contribution in [3.63, 3.8) is 0 Å². The quantitative estimate of drug-likeness (QED) is 0.466. The van der Waals surface area contributed by atoms with Crippen molar-refractivity contribution in [1.82, 2.24) is 4.57 Å². The van der Waals surface area contributed by atoms with Crippen LogP contribution < -0.4 is 10.2 Å². The van der Waals surface area contributed by atoms with E-state index in [1.165, 1.54) is 12.3 Å².